The summed E-state index contributed by atoms with van der Waals surface area (Å²) >= 11 is 1.44. The molecule has 1 heterocycles. The Balaban J connectivity index is 1.97. The van der Waals surface area contributed by atoms with Crippen molar-refractivity contribution < 1.29 is 0 Å². The van der Waals surface area contributed by atoms with Gasteiger partial charge < -0.3 is 11.1 Å². The van der Waals surface area contributed by atoms with E-state index in [1.807, 2.05) is 6.92 Å². The zero-order valence-corrected chi connectivity index (χ0v) is 12.6. The van der Waals surface area contributed by atoms with Crippen molar-refractivity contribution in [1.82, 2.24) is 4.37 Å². The van der Waals surface area contributed by atoms with Gasteiger partial charge in [-0.25, -0.2) is 0 Å². The lowest BCUT2D eigenvalue weighted by molar-refractivity contribution is 0.520. The third-order valence-corrected chi connectivity index (χ3v) is 4.17. The van der Waals surface area contributed by atoms with E-state index in [1.165, 1.54) is 17.1 Å². The van der Waals surface area contributed by atoms with Crippen molar-refractivity contribution in [2.24, 2.45) is 0 Å². The van der Waals surface area contributed by atoms with Gasteiger partial charge in [0.25, 0.3) is 0 Å². The normalized spacial score (nSPS) is 11.5. The molecule has 0 aliphatic carbocycles. The van der Waals surface area contributed by atoms with Gasteiger partial charge in [-0.2, -0.15) is 4.37 Å². The molecule has 102 valence electrons. The monoisotopic (exact) mass is 275 g/mol. The maximum atomic E-state index is 5.78. The van der Waals surface area contributed by atoms with E-state index >= 15 is 0 Å². The standard InChI is InChI=1S/C15H21N3S/c1-11-13(16)18-19-14(11)17-15(2,3)10-9-12-7-5-4-6-8-12/h4-8,17H,9-10H2,1-3H3,(H2,16,18). The van der Waals surface area contributed by atoms with E-state index in [1.54, 1.807) is 0 Å². The maximum Gasteiger partial charge on any atom is 0.142 e. The van der Waals surface area contributed by atoms with Gasteiger partial charge in [0.05, 0.1) is 0 Å². The lowest BCUT2D eigenvalue weighted by Gasteiger charge is -2.27. The highest BCUT2D eigenvalue weighted by Crippen LogP contribution is 2.29. The molecule has 2 rings (SSSR count). The lowest BCUT2D eigenvalue weighted by atomic mass is 9.95. The Hall–Kier alpha value is -1.55. The van der Waals surface area contributed by atoms with E-state index in [0.717, 1.165) is 23.4 Å². The smallest absolute Gasteiger partial charge is 0.142 e. The fourth-order valence-electron chi connectivity index (χ4n) is 1.94. The fourth-order valence-corrected chi connectivity index (χ4v) is 2.83. The van der Waals surface area contributed by atoms with E-state index in [4.69, 9.17) is 5.73 Å². The van der Waals surface area contributed by atoms with E-state index in [0.29, 0.717) is 5.82 Å². The van der Waals surface area contributed by atoms with Gasteiger partial charge in [-0.1, -0.05) is 30.3 Å². The third-order valence-electron chi connectivity index (χ3n) is 3.29. The van der Waals surface area contributed by atoms with Crippen LogP contribution in [0.2, 0.25) is 0 Å². The molecule has 4 heteroatoms. The highest BCUT2D eigenvalue weighted by atomic mass is 32.1. The van der Waals surface area contributed by atoms with E-state index in [9.17, 15) is 0 Å². The fraction of sp³-hybridized carbons (Fsp3) is 0.400. The van der Waals surface area contributed by atoms with Crippen molar-refractivity contribution in [3.8, 4) is 0 Å². The van der Waals surface area contributed by atoms with Crippen LogP contribution in [0.25, 0.3) is 0 Å². The molecule has 0 spiro atoms. The number of aromatic nitrogens is 1. The molecule has 19 heavy (non-hydrogen) atoms. The number of rotatable bonds is 5. The molecule has 0 saturated heterocycles. The van der Waals surface area contributed by atoms with Crippen LogP contribution < -0.4 is 11.1 Å². The highest BCUT2D eigenvalue weighted by Gasteiger charge is 2.20. The summed E-state index contributed by atoms with van der Waals surface area (Å²) in [7, 11) is 0. The minimum Gasteiger partial charge on any atom is -0.383 e. The average molecular weight is 275 g/mol. The Morgan fingerprint density at radius 3 is 2.53 bits per heavy atom. The SMILES string of the molecule is Cc1c(N)nsc1NC(C)(C)CCc1ccccc1. The second-order valence-electron chi connectivity index (χ2n) is 5.52. The molecule has 0 unspecified atom stereocenters. The molecule has 0 radical (unpaired) electrons. The molecular formula is C15H21N3S. The molecule has 0 atom stereocenters. The molecule has 0 aliphatic heterocycles. The molecule has 0 amide bonds. The average Bonchev–Trinajstić information content (AvgIpc) is 2.69. The number of nitrogens with one attached hydrogen (secondary N) is 1. The van der Waals surface area contributed by atoms with Crippen LogP contribution in [0, 0.1) is 6.92 Å². The third kappa shape index (κ3) is 3.70. The molecule has 1 aromatic carbocycles. The summed E-state index contributed by atoms with van der Waals surface area (Å²) in [5.41, 5.74) is 8.24. The van der Waals surface area contributed by atoms with Gasteiger partial charge in [-0.05, 0) is 50.7 Å². The number of hydrogen-bond acceptors (Lipinski definition) is 4. The first-order valence-corrected chi connectivity index (χ1v) is 7.29. The first kappa shape index (κ1) is 13.9. The highest BCUT2D eigenvalue weighted by molar-refractivity contribution is 7.10. The van der Waals surface area contributed by atoms with E-state index in [2.05, 4.69) is 53.9 Å². The Labute approximate surface area is 119 Å². The van der Waals surface area contributed by atoms with Gasteiger partial charge in [0.1, 0.15) is 10.8 Å². The molecule has 0 bridgehead atoms. The summed E-state index contributed by atoms with van der Waals surface area (Å²) < 4.78 is 4.18. The van der Waals surface area contributed by atoms with E-state index < -0.39 is 0 Å². The molecule has 3 nitrogen and oxygen atoms in total. The maximum absolute atomic E-state index is 5.78. The van der Waals surface area contributed by atoms with Crippen molar-refractivity contribution in [1.29, 1.82) is 0 Å². The summed E-state index contributed by atoms with van der Waals surface area (Å²) in [5, 5.41) is 4.63. The van der Waals surface area contributed by atoms with Crippen molar-refractivity contribution in [3.05, 3.63) is 41.5 Å². The predicted octanol–water partition coefficient (Wildman–Crippen LogP) is 3.86. The number of benzene rings is 1. The zero-order valence-electron chi connectivity index (χ0n) is 11.7. The van der Waals surface area contributed by atoms with Crippen LogP contribution in [-0.2, 0) is 6.42 Å². The molecule has 0 saturated carbocycles. The minimum absolute atomic E-state index is 0.0274. The first-order chi connectivity index (χ1) is 8.98. The number of aryl methyl sites for hydroxylation is 1. The molecule has 3 N–H and O–H groups in total. The molecule has 2 aromatic rings. The Morgan fingerprint density at radius 1 is 1.26 bits per heavy atom. The van der Waals surface area contributed by atoms with Crippen molar-refractivity contribution in [2.45, 2.75) is 39.2 Å². The van der Waals surface area contributed by atoms with Crippen LogP contribution in [0.4, 0.5) is 10.8 Å². The van der Waals surface area contributed by atoms with Crippen molar-refractivity contribution in [3.63, 3.8) is 0 Å². The van der Waals surface area contributed by atoms with E-state index in [-0.39, 0.29) is 5.54 Å². The Kier molecular flexibility index (Phi) is 4.10. The van der Waals surface area contributed by atoms with Crippen LogP contribution in [0.3, 0.4) is 0 Å². The molecule has 0 aliphatic rings. The van der Waals surface area contributed by atoms with Gasteiger partial charge in [-0.3, -0.25) is 0 Å². The largest absolute Gasteiger partial charge is 0.383 e. The van der Waals surface area contributed by atoms with Gasteiger partial charge in [0.2, 0.25) is 0 Å². The van der Waals surface area contributed by atoms with Crippen LogP contribution in [-0.4, -0.2) is 9.91 Å². The second kappa shape index (κ2) is 5.61. The predicted molar refractivity (Wildman–Crippen MR) is 83.7 cm³/mol. The molecule has 1 aromatic heterocycles. The van der Waals surface area contributed by atoms with Gasteiger partial charge in [-0.15, -0.1) is 0 Å². The quantitative estimate of drug-likeness (QED) is 0.871. The van der Waals surface area contributed by atoms with Crippen molar-refractivity contribution in [2.75, 3.05) is 11.1 Å². The minimum atomic E-state index is 0.0274. The Morgan fingerprint density at radius 2 is 1.95 bits per heavy atom. The molecule has 0 fully saturated rings. The van der Waals surface area contributed by atoms with Crippen LogP contribution in [0.5, 0.6) is 0 Å². The molecular weight excluding hydrogens is 254 g/mol. The van der Waals surface area contributed by atoms with Gasteiger partial charge >= 0.3 is 0 Å². The van der Waals surface area contributed by atoms with Gasteiger partial charge in [0, 0.05) is 11.1 Å². The number of hydrogen-bond donors (Lipinski definition) is 2. The summed E-state index contributed by atoms with van der Waals surface area (Å²) in [6, 6.07) is 10.6. The summed E-state index contributed by atoms with van der Waals surface area (Å²) in [5.74, 6) is 0.631. The Bertz CT molecular complexity index is 532. The summed E-state index contributed by atoms with van der Waals surface area (Å²) in [4.78, 5) is 0. The number of nitrogens with zero attached hydrogens (tertiary/aromatic N) is 1. The van der Waals surface area contributed by atoms with Crippen LogP contribution in [0.15, 0.2) is 30.3 Å². The van der Waals surface area contributed by atoms with Crippen molar-refractivity contribution >= 4 is 22.4 Å². The lowest BCUT2D eigenvalue weighted by Crippen LogP contribution is -2.31. The number of anilines is 2. The topological polar surface area (TPSA) is 50.9 Å². The summed E-state index contributed by atoms with van der Waals surface area (Å²) in [6.07, 6.45) is 2.13. The number of nitrogens with two attached hydrogens (primary N) is 1. The first-order valence-electron chi connectivity index (χ1n) is 6.52. The zero-order chi connectivity index (χ0) is 13.9. The number of nitrogen functional groups attached to an aromatic ring is 1. The summed E-state index contributed by atoms with van der Waals surface area (Å²) in [6.45, 7) is 6.44. The van der Waals surface area contributed by atoms with Gasteiger partial charge in [0.15, 0.2) is 0 Å². The second-order valence-corrected chi connectivity index (χ2v) is 6.29. The van der Waals surface area contributed by atoms with Crippen LogP contribution >= 0.6 is 11.5 Å². The van der Waals surface area contributed by atoms with Crippen LogP contribution in [0.1, 0.15) is 31.4 Å².